The third kappa shape index (κ3) is 2.45. The molecule has 0 bridgehead atoms. The van der Waals surface area contributed by atoms with E-state index in [1.54, 1.807) is 11.3 Å². The molecule has 96 valence electrons. The molecule has 2 aromatic heterocycles. The average molecular weight is 265 g/mol. The van der Waals surface area contributed by atoms with E-state index in [1.807, 2.05) is 5.38 Å². The summed E-state index contributed by atoms with van der Waals surface area (Å²) in [7, 11) is 0. The van der Waals surface area contributed by atoms with Gasteiger partial charge in [-0.05, 0) is 23.9 Å². The molecule has 5 nitrogen and oxygen atoms in total. The molecule has 18 heavy (non-hydrogen) atoms. The Balaban J connectivity index is 1.71. The summed E-state index contributed by atoms with van der Waals surface area (Å²) in [5.74, 6) is 1.38. The van der Waals surface area contributed by atoms with Gasteiger partial charge in [0.05, 0.1) is 24.6 Å². The number of thiophene rings is 1. The summed E-state index contributed by atoms with van der Waals surface area (Å²) in [5.41, 5.74) is 1.19. The topological polar surface area (TPSA) is 51.4 Å². The number of hydrogen-bond donors (Lipinski definition) is 0. The van der Waals surface area contributed by atoms with Crippen molar-refractivity contribution < 1.29 is 9.26 Å². The molecule has 3 heterocycles. The molecule has 2 aromatic rings. The zero-order chi connectivity index (χ0) is 12.4. The maximum absolute atomic E-state index is 5.31. The van der Waals surface area contributed by atoms with Gasteiger partial charge in [-0.3, -0.25) is 4.90 Å². The largest absolute Gasteiger partial charge is 0.379 e. The lowest BCUT2D eigenvalue weighted by molar-refractivity contribution is 0.0297. The summed E-state index contributed by atoms with van der Waals surface area (Å²) in [6.45, 7) is 6.19. The fraction of sp³-hybridized carbons (Fsp3) is 0.500. The van der Waals surface area contributed by atoms with E-state index >= 15 is 0 Å². The predicted octanol–water partition coefficient (Wildman–Crippen LogP) is 1.94. The van der Waals surface area contributed by atoms with E-state index in [0.29, 0.717) is 18.3 Å². The standard InChI is InChI=1S/C12H15N3O2S/c1-9-2-7-18-11(9)12-13-10(17-14-12)8-15-3-5-16-6-4-15/h2,7H,3-6,8H2,1H3. The highest BCUT2D eigenvalue weighted by Crippen LogP contribution is 2.26. The highest BCUT2D eigenvalue weighted by molar-refractivity contribution is 7.13. The molecule has 1 aliphatic rings. The molecule has 0 spiro atoms. The number of aromatic nitrogens is 2. The summed E-state index contributed by atoms with van der Waals surface area (Å²) in [5, 5.41) is 6.10. The molecule has 0 N–H and O–H groups in total. The second-order valence-electron chi connectivity index (χ2n) is 4.33. The Labute approximate surface area is 109 Å². The van der Waals surface area contributed by atoms with Gasteiger partial charge in [0.1, 0.15) is 0 Å². The minimum atomic E-state index is 0.680. The van der Waals surface area contributed by atoms with Gasteiger partial charge in [0.25, 0.3) is 0 Å². The number of rotatable bonds is 3. The summed E-state index contributed by atoms with van der Waals surface area (Å²) < 4.78 is 10.6. The van der Waals surface area contributed by atoms with E-state index in [9.17, 15) is 0 Å². The van der Waals surface area contributed by atoms with E-state index in [-0.39, 0.29) is 0 Å². The van der Waals surface area contributed by atoms with Crippen LogP contribution in [0.2, 0.25) is 0 Å². The van der Waals surface area contributed by atoms with E-state index in [1.165, 1.54) is 5.56 Å². The van der Waals surface area contributed by atoms with E-state index < -0.39 is 0 Å². The van der Waals surface area contributed by atoms with Gasteiger partial charge >= 0.3 is 0 Å². The van der Waals surface area contributed by atoms with Crippen LogP contribution in [0, 0.1) is 6.92 Å². The van der Waals surface area contributed by atoms with E-state index in [0.717, 1.165) is 31.2 Å². The van der Waals surface area contributed by atoms with Gasteiger partial charge < -0.3 is 9.26 Å². The molecule has 0 amide bonds. The molecule has 0 aliphatic carbocycles. The molecular formula is C12H15N3O2S. The van der Waals surface area contributed by atoms with Crippen molar-refractivity contribution in [2.75, 3.05) is 26.3 Å². The highest BCUT2D eigenvalue weighted by Gasteiger charge is 2.16. The van der Waals surface area contributed by atoms with E-state index in [4.69, 9.17) is 9.26 Å². The lowest BCUT2D eigenvalue weighted by Gasteiger charge is -2.24. The minimum Gasteiger partial charge on any atom is -0.379 e. The first-order chi connectivity index (χ1) is 8.83. The summed E-state index contributed by atoms with van der Waals surface area (Å²) in [6, 6.07) is 2.07. The van der Waals surface area contributed by atoms with Crippen molar-refractivity contribution in [2.24, 2.45) is 0 Å². The first-order valence-corrected chi connectivity index (χ1v) is 6.88. The Hall–Kier alpha value is -1.24. The first kappa shape index (κ1) is 11.8. The third-order valence-corrected chi connectivity index (χ3v) is 4.01. The molecule has 0 radical (unpaired) electrons. The maximum Gasteiger partial charge on any atom is 0.241 e. The Morgan fingerprint density at radius 1 is 1.39 bits per heavy atom. The molecule has 0 unspecified atom stereocenters. The fourth-order valence-electron chi connectivity index (χ4n) is 1.96. The molecule has 0 saturated carbocycles. The molecular weight excluding hydrogens is 250 g/mol. The van der Waals surface area contributed by atoms with Crippen molar-refractivity contribution in [3.63, 3.8) is 0 Å². The number of aryl methyl sites for hydroxylation is 1. The number of nitrogens with zero attached hydrogens (tertiary/aromatic N) is 3. The maximum atomic E-state index is 5.31. The SMILES string of the molecule is Cc1ccsc1-c1noc(CN2CCOCC2)n1. The van der Waals surface area contributed by atoms with Crippen LogP contribution in [0.15, 0.2) is 16.0 Å². The van der Waals surface area contributed by atoms with Gasteiger partial charge in [0.15, 0.2) is 0 Å². The number of hydrogen-bond acceptors (Lipinski definition) is 6. The van der Waals surface area contributed by atoms with Crippen LogP contribution in [0.5, 0.6) is 0 Å². The van der Waals surface area contributed by atoms with E-state index in [2.05, 4.69) is 28.0 Å². The van der Waals surface area contributed by atoms with Gasteiger partial charge in [0, 0.05) is 13.1 Å². The van der Waals surface area contributed by atoms with Crippen LogP contribution in [-0.4, -0.2) is 41.3 Å². The van der Waals surface area contributed by atoms with Gasteiger partial charge in [-0.25, -0.2) is 0 Å². The minimum absolute atomic E-state index is 0.680. The molecule has 1 saturated heterocycles. The normalized spacial score (nSPS) is 17.2. The van der Waals surface area contributed by atoms with Crippen molar-refractivity contribution in [3.05, 3.63) is 22.9 Å². The smallest absolute Gasteiger partial charge is 0.241 e. The van der Waals surface area contributed by atoms with Gasteiger partial charge in [-0.15, -0.1) is 11.3 Å². The third-order valence-electron chi connectivity index (χ3n) is 3.00. The Bertz CT molecular complexity index is 517. The lowest BCUT2D eigenvalue weighted by Crippen LogP contribution is -2.35. The van der Waals surface area contributed by atoms with Crippen LogP contribution in [0.3, 0.4) is 0 Å². The van der Waals surface area contributed by atoms with Crippen LogP contribution >= 0.6 is 11.3 Å². The second kappa shape index (κ2) is 5.17. The fourth-order valence-corrected chi connectivity index (χ4v) is 2.81. The molecule has 0 aromatic carbocycles. The van der Waals surface area contributed by atoms with Crippen molar-refractivity contribution >= 4 is 11.3 Å². The number of ether oxygens (including phenoxy) is 1. The quantitative estimate of drug-likeness (QED) is 0.849. The van der Waals surface area contributed by atoms with Gasteiger partial charge in [-0.1, -0.05) is 5.16 Å². The Kier molecular flexibility index (Phi) is 3.40. The first-order valence-electron chi connectivity index (χ1n) is 6.00. The van der Waals surface area contributed by atoms with Crippen LogP contribution < -0.4 is 0 Å². The van der Waals surface area contributed by atoms with Crippen LogP contribution in [-0.2, 0) is 11.3 Å². The second-order valence-corrected chi connectivity index (χ2v) is 5.25. The van der Waals surface area contributed by atoms with Crippen molar-refractivity contribution in [3.8, 4) is 10.7 Å². The van der Waals surface area contributed by atoms with Gasteiger partial charge in [-0.2, -0.15) is 4.98 Å². The Morgan fingerprint density at radius 3 is 2.94 bits per heavy atom. The average Bonchev–Trinajstić information content (AvgIpc) is 2.99. The zero-order valence-electron chi connectivity index (χ0n) is 10.3. The highest BCUT2D eigenvalue weighted by atomic mass is 32.1. The zero-order valence-corrected chi connectivity index (χ0v) is 11.1. The predicted molar refractivity (Wildman–Crippen MR) is 68.4 cm³/mol. The summed E-state index contributed by atoms with van der Waals surface area (Å²) >= 11 is 1.64. The summed E-state index contributed by atoms with van der Waals surface area (Å²) in [6.07, 6.45) is 0. The van der Waals surface area contributed by atoms with Crippen LogP contribution in [0.1, 0.15) is 11.5 Å². The summed E-state index contributed by atoms with van der Waals surface area (Å²) in [4.78, 5) is 7.81. The molecule has 0 atom stereocenters. The Morgan fingerprint density at radius 2 is 2.22 bits per heavy atom. The number of morpholine rings is 1. The molecule has 1 aliphatic heterocycles. The molecule has 6 heteroatoms. The van der Waals surface area contributed by atoms with Crippen molar-refractivity contribution in [2.45, 2.75) is 13.5 Å². The van der Waals surface area contributed by atoms with Gasteiger partial charge in [0.2, 0.25) is 11.7 Å². The molecule has 3 rings (SSSR count). The van der Waals surface area contributed by atoms with Crippen LogP contribution in [0.4, 0.5) is 0 Å². The van der Waals surface area contributed by atoms with Crippen molar-refractivity contribution in [1.29, 1.82) is 0 Å². The van der Waals surface area contributed by atoms with Crippen molar-refractivity contribution in [1.82, 2.24) is 15.0 Å². The lowest BCUT2D eigenvalue weighted by atomic mass is 10.3. The molecule has 1 fully saturated rings. The monoisotopic (exact) mass is 265 g/mol. The van der Waals surface area contributed by atoms with Crippen LogP contribution in [0.25, 0.3) is 10.7 Å².